The Hall–Kier alpha value is -2.94. The van der Waals surface area contributed by atoms with Gasteiger partial charge < -0.3 is 25.4 Å². The lowest BCUT2D eigenvalue weighted by atomic mass is 9.65. The molecule has 5 rings (SSSR count). The van der Waals surface area contributed by atoms with E-state index in [-0.39, 0.29) is 24.3 Å². The molecule has 0 aromatic heterocycles. The topological polar surface area (TPSA) is 108 Å². The van der Waals surface area contributed by atoms with Crippen molar-refractivity contribution in [3.8, 4) is 0 Å². The molecule has 2 unspecified atom stereocenters. The second kappa shape index (κ2) is 10.6. The lowest BCUT2D eigenvalue weighted by molar-refractivity contribution is -0.149. The van der Waals surface area contributed by atoms with Crippen LogP contribution in [0, 0.1) is 17.8 Å². The maximum atomic E-state index is 14.4. The third-order valence-corrected chi connectivity index (χ3v) is 9.40. The SMILES string of the molecule is CC[C@H](C)[C@H](CO)N1C(=O)[C@@H]2[C@@H](C(=O)Nc3ccccc3)[C@@]3(CC)CCC2(O3)C1C(=O)Nc1ccc(Cl)cc1. The van der Waals surface area contributed by atoms with E-state index in [1.807, 2.05) is 39.0 Å². The number of para-hydroxylation sites is 1. The number of nitrogens with zero attached hydrogens (tertiary/aromatic N) is 1. The summed E-state index contributed by atoms with van der Waals surface area (Å²) in [5.74, 6) is -2.68. The normalized spacial score (nSPS) is 30.6. The number of amides is 3. The van der Waals surface area contributed by atoms with Crippen LogP contribution in [0.25, 0.3) is 0 Å². The monoisotopic (exact) mass is 553 g/mol. The van der Waals surface area contributed by atoms with Crippen molar-refractivity contribution in [2.45, 2.75) is 69.7 Å². The van der Waals surface area contributed by atoms with E-state index in [4.69, 9.17) is 16.3 Å². The fourth-order valence-electron chi connectivity index (χ4n) is 7.01. The highest BCUT2D eigenvalue weighted by Gasteiger charge is 2.79. The third-order valence-electron chi connectivity index (χ3n) is 9.15. The largest absolute Gasteiger partial charge is 0.394 e. The van der Waals surface area contributed by atoms with Crippen molar-refractivity contribution in [3.63, 3.8) is 0 Å². The summed E-state index contributed by atoms with van der Waals surface area (Å²) in [7, 11) is 0. The first-order valence-electron chi connectivity index (χ1n) is 13.8. The molecule has 3 N–H and O–H groups in total. The molecule has 0 saturated carbocycles. The van der Waals surface area contributed by atoms with E-state index in [0.29, 0.717) is 42.1 Å². The van der Waals surface area contributed by atoms with Crippen LogP contribution in [0.4, 0.5) is 11.4 Å². The molecule has 3 amide bonds. The van der Waals surface area contributed by atoms with E-state index in [0.717, 1.165) is 0 Å². The molecule has 7 atom stereocenters. The smallest absolute Gasteiger partial charge is 0.250 e. The molecule has 2 aromatic rings. The summed E-state index contributed by atoms with van der Waals surface area (Å²) in [6.07, 6.45) is 2.27. The van der Waals surface area contributed by atoms with E-state index in [1.165, 1.54) is 4.90 Å². The minimum absolute atomic E-state index is 0.0751. The van der Waals surface area contributed by atoms with Gasteiger partial charge in [0.25, 0.3) is 0 Å². The zero-order valence-electron chi connectivity index (χ0n) is 22.5. The van der Waals surface area contributed by atoms with Gasteiger partial charge >= 0.3 is 0 Å². The highest BCUT2D eigenvalue weighted by molar-refractivity contribution is 6.30. The molecule has 208 valence electrons. The first-order valence-corrected chi connectivity index (χ1v) is 14.1. The van der Waals surface area contributed by atoms with E-state index in [9.17, 15) is 19.5 Å². The van der Waals surface area contributed by atoms with Gasteiger partial charge in [-0.15, -0.1) is 0 Å². The predicted molar refractivity (Wildman–Crippen MR) is 149 cm³/mol. The van der Waals surface area contributed by atoms with Crippen LogP contribution in [0.1, 0.15) is 46.5 Å². The average molecular weight is 554 g/mol. The molecule has 3 fully saturated rings. The fraction of sp³-hybridized carbons (Fsp3) is 0.500. The van der Waals surface area contributed by atoms with Crippen LogP contribution in [0.3, 0.4) is 0 Å². The molecule has 8 nitrogen and oxygen atoms in total. The van der Waals surface area contributed by atoms with E-state index < -0.39 is 41.0 Å². The maximum Gasteiger partial charge on any atom is 0.250 e. The summed E-state index contributed by atoms with van der Waals surface area (Å²) in [5.41, 5.74) is -0.854. The third kappa shape index (κ3) is 4.42. The van der Waals surface area contributed by atoms with Gasteiger partial charge in [-0.25, -0.2) is 0 Å². The molecule has 2 bridgehead atoms. The second-order valence-electron chi connectivity index (χ2n) is 11.1. The number of nitrogens with one attached hydrogen (secondary N) is 2. The highest BCUT2D eigenvalue weighted by Crippen LogP contribution is 2.64. The molecule has 39 heavy (non-hydrogen) atoms. The number of aliphatic hydroxyl groups is 1. The molecule has 3 aliphatic heterocycles. The summed E-state index contributed by atoms with van der Waals surface area (Å²) < 4.78 is 6.80. The number of fused-ring (bicyclic) bond motifs is 1. The van der Waals surface area contributed by atoms with Crippen LogP contribution in [-0.4, -0.2) is 57.6 Å². The van der Waals surface area contributed by atoms with Crippen molar-refractivity contribution >= 4 is 40.7 Å². The van der Waals surface area contributed by atoms with Crippen LogP contribution >= 0.6 is 11.6 Å². The Morgan fingerprint density at radius 3 is 2.31 bits per heavy atom. The summed E-state index contributed by atoms with van der Waals surface area (Å²) >= 11 is 6.04. The van der Waals surface area contributed by atoms with E-state index in [1.54, 1.807) is 36.4 Å². The van der Waals surface area contributed by atoms with Crippen molar-refractivity contribution in [3.05, 3.63) is 59.6 Å². The minimum Gasteiger partial charge on any atom is -0.394 e. The number of hydrogen-bond acceptors (Lipinski definition) is 5. The molecular formula is C30H36ClN3O5. The van der Waals surface area contributed by atoms with E-state index in [2.05, 4.69) is 10.6 Å². The van der Waals surface area contributed by atoms with Crippen LogP contribution in [0.2, 0.25) is 5.02 Å². The molecule has 3 aliphatic rings. The minimum atomic E-state index is -1.18. The zero-order valence-corrected chi connectivity index (χ0v) is 23.3. The average Bonchev–Trinajstić information content (AvgIpc) is 3.54. The van der Waals surface area contributed by atoms with Crippen molar-refractivity contribution in [2.24, 2.45) is 17.8 Å². The van der Waals surface area contributed by atoms with Crippen molar-refractivity contribution in [2.75, 3.05) is 17.2 Å². The van der Waals surface area contributed by atoms with Gasteiger partial charge in [-0.1, -0.05) is 57.0 Å². The number of aliphatic hydroxyl groups excluding tert-OH is 1. The van der Waals surface area contributed by atoms with Crippen LogP contribution < -0.4 is 10.6 Å². The molecule has 1 spiro atoms. The summed E-state index contributed by atoms with van der Waals surface area (Å²) in [4.78, 5) is 43.8. The molecule has 9 heteroatoms. The maximum absolute atomic E-state index is 14.4. The molecule has 3 heterocycles. The molecule has 2 aromatic carbocycles. The van der Waals surface area contributed by atoms with Crippen molar-refractivity contribution in [1.82, 2.24) is 4.90 Å². The molecule has 3 saturated heterocycles. The molecule has 0 radical (unpaired) electrons. The van der Waals surface area contributed by atoms with Gasteiger partial charge in [0.1, 0.15) is 11.6 Å². The number of rotatable bonds is 9. The fourth-order valence-corrected chi connectivity index (χ4v) is 7.14. The number of ether oxygens (including phenoxy) is 1. The van der Waals surface area contributed by atoms with Crippen molar-refractivity contribution < 1.29 is 24.2 Å². The Labute approximate surface area is 234 Å². The van der Waals surface area contributed by atoms with Gasteiger partial charge in [-0.05, 0) is 61.6 Å². The lowest BCUT2D eigenvalue weighted by Gasteiger charge is -2.39. The highest BCUT2D eigenvalue weighted by atomic mass is 35.5. The van der Waals surface area contributed by atoms with E-state index >= 15 is 0 Å². The second-order valence-corrected chi connectivity index (χ2v) is 11.5. The van der Waals surface area contributed by atoms with Crippen LogP contribution in [0.15, 0.2) is 54.6 Å². The standard InChI is InChI=1S/C30H36ClN3O5/c1-4-18(3)22(17-35)34-25(27(37)33-21-13-11-19(31)12-14-21)30-16-15-29(5-2,39-30)23(24(30)28(34)38)26(36)32-20-9-7-6-8-10-20/h6-14,18,22-25,35H,4-5,15-17H2,1-3H3,(H,32,36)(H,33,37)/t18-,22-,23-,24-,25?,29+,30?/m0/s1. The number of anilines is 2. The quantitative estimate of drug-likeness (QED) is 0.424. The Balaban J connectivity index is 1.57. The van der Waals surface area contributed by atoms with Gasteiger partial charge in [-0.2, -0.15) is 0 Å². The van der Waals surface area contributed by atoms with Gasteiger partial charge in [0.05, 0.1) is 30.1 Å². The summed E-state index contributed by atoms with van der Waals surface area (Å²) in [6, 6.07) is 14.3. The summed E-state index contributed by atoms with van der Waals surface area (Å²) in [6.45, 7) is 5.61. The van der Waals surface area contributed by atoms with Crippen molar-refractivity contribution in [1.29, 1.82) is 0 Å². The number of likely N-dealkylation sites (tertiary alicyclic amines) is 1. The van der Waals surface area contributed by atoms with Crippen LogP contribution in [-0.2, 0) is 19.1 Å². The first-order chi connectivity index (χ1) is 18.7. The van der Waals surface area contributed by atoms with Gasteiger partial charge in [0.15, 0.2) is 0 Å². The predicted octanol–water partition coefficient (Wildman–Crippen LogP) is 4.48. The lowest BCUT2D eigenvalue weighted by Crippen LogP contribution is -2.57. The van der Waals surface area contributed by atoms with Crippen LogP contribution in [0.5, 0.6) is 0 Å². The number of hydrogen-bond donors (Lipinski definition) is 3. The Bertz CT molecular complexity index is 1240. The van der Waals surface area contributed by atoms with Gasteiger partial charge in [-0.3, -0.25) is 14.4 Å². The number of carbonyl (C=O) groups excluding carboxylic acids is 3. The number of benzene rings is 2. The number of carbonyl (C=O) groups is 3. The van der Waals surface area contributed by atoms with Gasteiger partial charge in [0, 0.05) is 16.4 Å². The Morgan fingerprint density at radius 1 is 1.05 bits per heavy atom. The number of halogens is 1. The van der Waals surface area contributed by atoms with Gasteiger partial charge in [0.2, 0.25) is 17.7 Å². The Morgan fingerprint density at radius 2 is 1.69 bits per heavy atom. The first kappa shape index (κ1) is 27.6. The molecular weight excluding hydrogens is 518 g/mol. The Kier molecular flexibility index (Phi) is 7.48. The zero-order chi connectivity index (χ0) is 27.9. The molecule has 0 aliphatic carbocycles. The summed E-state index contributed by atoms with van der Waals surface area (Å²) in [5, 5.41) is 16.9.